The SMILES string of the molecule is Cc1cccnc1C(=O)N1CCCC(C)(c2noc(COc3ccccc3)n2)C1. The summed E-state index contributed by atoms with van der Waals surface area (Å²) >= 11 is 0. The Kier molecular flexibility index (Phi) is 5.29. The van der Waals surface area contributed by atoms with Crippen LogP contribution in [0, 0.1) is 6.92 Å². The summed E-state index contributed by atoms with van der Waals surface area (Å²) in [5.74, 6) is 1.73. The van der Waals surface area contributed by atoms with Gasteiger partial charge in [-0.25, -0.2) is 0 Å². The van der Waals surface area contributed by atoms with Crippen LogP contribution in [0.15, 0.2) is 53.2 Å². The molecule has 7 heteroatoms. The highest BCUT2D eigenvalue weighted by Gasteiger charge is 2.39. The Morgan fingerprint density at radius 1 is 1.24 bits per heavy atom. The summed E-state index contributed by atoms with van der Waals surface area (Å²) in [7, 11) is 0. The Morgan fingerprint density at radius 3 is 2.86 bits per heavy atom. The highest BCUT2D eigenvalue weighted by molar-refractivity contribution is 5.93. The second-order valence-corrected chi connectivity index (χ2v) is 7.67. The first-order valence-corrected chi connectivity index (χ1v) is 9.77. The van der Waals surface area contributed by atoms with Crippen molar-refractivity contribution in [3.05, 3.63) is 71.6 Å². The van der Waals surface area contributed by atoms with E-state index in [-0.39, 0.29) is 17.9 Å². The van der Waals surface area contributed by atoms with Gasteiger partial charge in [0.25, 0.3) is 11.8 Å². The van der Waals surface area contributed by atoms with E-state index in [1.54, 1.807) is 6.20 Å². The van der Waals surface area contributed by atoms with E-state index < -0.39 is 0 Å². The third-order valence-electron chi connectivity index (χ3n) is 5.31. The van der Waals surface area contributed by atoms with E-state index >= 15 is 0 Å². The minimum atomic E-state index is -0.370. The maximum atomic E-state index is 13.0. The molecular weight excluding hydrogens is 368 g/mol. The van der Waals surface area contributed by atoms with Gasteiger partial charge in [0.05, 0.1) is 0 Å². The van der Waals surface area contributed by atoms with Crippen molar-refractivity contribution in [2.24, 2.45) is 0 Å². The van der Waals surface area contributed by atoms with E-state index in [1.165, 1.54) is 0 Å². The molecule has 29 heavy (non-hydrogen) atoms. The minimum Gasteiger partial charge on any atom is -0.484 e. The smallest absolute Gasteiger partial charge is 0.272 e. The fourth-order valence-electron chi connectivity index (χ4n) is 3.68. The van der Waals surface area contributed by atoms with Crippen molar-refractivity contribution in [2.45, 2.75) is 38.7 Å². The lowest BCUT2D eigenvalue weighted by molar-refractivity contribution is 0.0635. The van der Waals surface area contributed by atoms with Gasteiger partial charge in [0.2, 0.25) is 0 Å². The van der Waals surface area contributed by atoms with Gasteiger partial charge in [-0.15, -0.1) is 0 Å². The number of pyridine rings is 1. The number of hydrogen-bond donors (Lipinski definition) is 0. The van der Waals surface area contributed by atoms with Crippen molar-refractivity contribution < 1.29 is 14.1 Å². The number of carbonyl (C=O) groups is 1. The molecule has 1 aliphatic rings. The number of amides is 1. The first-order chi connectivity index (χ1) is 14.0. The van der Waals surface area contributed by atoms with E-state index in [9.17, 15) is 4.79 Å². The summed E-state index contributed by atoms with van der Waals surface area (Å²) in [6.45, 7) is 5.42. The molecule has 1 unspecified atom stereocenters. The molecule has 1 aromatic carbocycles. The van der Waals surface area contributed by atoms with Gasteiger partial charge in [0, 0.05) is 24.7 Å². The minimum absolute atomic E-state index is 0.0508. The summed E-state index contributed by atoms with van der Waals surface area (Å²) in [4.78, 5) is 23.6. The largest absolute Gasteiger partial charge is 0.484 e. The van der Waals surface area contributed by atoms with Crippen LogP contribution in [0.1, 0.15) is 47.5 Å². The molecular formula is C22H24N4O3. The Hall–Kier alpha value is -3.22. The molecule has 0 aliphatic carbocycles. The first-order valence-electron chi connectivity index (χ1n) is 9.77. The molecule has 3 heterocycles. The summed E-state index contributed by atoms with van der Waals surface area (Å²) < 4.78 is 11.1. The number of likely N-dealkylation sites (tertiary alicyclic amines) is 1. The number of para-hydroxylation sites is 1. The van der Waals surface area contributed by atoms with Crippen LogP contribution < -0.4 is 4.74 Å². The lowest BCUT2D eigenvalue weighted by Gasteiger charge is -2.38. The molecule has 3 aromatic rings. The number of ether oxygens (including phenoxy) is 1. The summed E-state index contributed by atoms with van der Waals surface area (Å²) in [6.07, 6.45) is 3.41. The van der Waals surface area contributed by atoms with E-state index in [4.69, 9.17) is 9.26 Å². The van der Waals surface area contributed by atoms with Crippen LogP contribution in [-0.4, -0.2) is 39.0 Å². The number of piperidine rings is 1. The Labute approximate surface area is 169 Å². The topological polar surface area (TPSA) is 81.4 Å². The van der Waals surface area contributed by atoms with Gasteiger partial charge in [-0.05, 0) is 43.5 Å². The number of aromatic nitrogens is 3. The standard InChI is InChI=1S/C22H24N4O3/c1-16-8-6-12-23-19(16)20(27)26-13-7-11-22(2,15-26)21-24-18(29-25-21)14-28-17-9-4-3-5-10-17/h3-6,8-10,12H,7,11,13-15H2,1-2H3. The molecule has 150 valence electrons. The molecule has 0 spiro atoms. The van der Waals surface area contributed by atoms with Gasteiger partial charge in [0.15, 0.2) is 12.4 Å². The lowest BCUT2D eigenvalue weighted by Crippen LogP contribution is -2.47. The van der Waals surface area contributed by atoms with Gasteiger partial charge in [0.1, 0.15) is 11.4 Å². The van der Waals surface area contributed by atoms with E-state index in [0.717, 1.165) is 24.2 Å². The van der Waals surface area contributed by atoms with Crippen LogP contribution in [-0.2, 0) is 12.0 Å². The zero-order valence-electron chi connectivity index (χ0n) is 16.7. The molecule has 0 bridgehead atoms. The number of carbonyl (C=O) groups excluding carboxylic acids is 1. The molecule has 1 amide bonds. The Bertz CT molecular complexity index is 988. The van der Waals surface area contributed by atoms with Crippen molar-refractivity contribution >= 4 is 5.91 Å². The molecule has 2 aromatic heterocycles. The predicted octanol–water partition coefficient (Wildman–Crippen LogP) is 3.55. The van der Waals surface area contributed by atoms with Crippen LogP contribution in [0.4, 0.5) is 0 Å². The summed E-state index contributed by atoms with van der Waals surface area (Å²) in [6, 6.07) is 13.2. The molecule has 4 rings (SSSR count). The number of nitrogens with zero attached hydrogens (tertiary/aromatic N) is 4. The number of benzene rings is 1. The van der Waals surface area contributed by atoms with E-state index in [1.807, 2.05) is 54.3 Å². The van der Waals surface area contributed by atoms with E-state index in [0.29, 0.717) is 30.5 Å². The third kappa shape index (κ3) is 4.13. The molecule has 1 fully saturated rings. The van der Waals surface area contributed by atoms with Crippen LogP contribution in [0.2, 0.25) is 0 Å². The Morgan fingerprint density at radius 2 is 2.07 bits per heavy atom. The van der Waals surface area contributed by atoms with Crippen LogP contribution in [0.25, 0.3) is 0 Å². The summed E-state index contributed by atoms with van der Waals surface area (Å²) in [5.41, 5.74) is 1.01. The molecule has 0 N–H and O–H groups in total. The highest BCUT2D eigenvalue weighted by atomic mass is 16.5. The zero-order valence-corrected chi connectivity index (χ0v) is 16.7. The Balaban J connectivity index is 1.46. The van der Waals surface area contributed by atoms with Crippen molar-refractivity contribution in [3.63, 3.8) is 0 Å². The average Bonchev–Trinajstić information content (AvgIpc) is 3.23. The van der Waals surface area contributed by atoms with Gasteiger partial charge in [-0.3, -0.25) is 9.78 Å². The quantitative estimate of drug-likeness (QED) is 0.661. The maximum Gasteiger partial charge on any atom is 0.272 e. The highest BCUT2D eigenvalue weighted by Crippen LogP contribution is 2.32. The van der Waals surface area contributed by atoms with Gasteiger partial charge >= 0.3 is 0 Å². The van der Waals surface area contributed by atoms with Crippen molar-refractivity contribution in [2.75, 3.05) is 13.1 Å². The maximum absolute atomic E-state index is 13.0. The lowest BCUT2D eigenvalue weighted by atomic mass is 9.81. The first kappa shape index (κ1) is 19.1. The summed E-state index contributed by atoms with van der Waals surface area (Å²) in [5, 5.41) is 4.19. The number of aryl methyl sites for hydroxylation is 1. The number of hydrogen-bond acceptors (Lipinski definition) is 6. The van der Waals surface area contributed by atoms with Gasteiger partial charge in [-0.2, -0.15) is 4.98 Å². The van der Waals surface area contributed by atoms with E-state index in [2.05, 4.69) is 22.0 Å². The molecule has 7 nitrogen and oxygen atoms in total. The van der Waals surface area contributed by atoms with Gasteiger partial charge in [-0.1, -0.05) is 36.3 Å². The van der Waals surface area contributed by atoms with Crippen LogP contribution >= 0.6 is 0 Å². The van der Waals surface area contributed by atoms with Crippen molar-refractivity contribution in [1.29, 1.82) is 0 Å². The molecule has 0 saturated carbocycles. The molecule has 1 aliphatic heterocycles. The second-order valence-electron chi connectivity index (χ2n) is 7.67. The molecule has 1 saturated heterocycles. The fourth-order valence-corrected chi connectivity index (χ4v) is 3.68. The number of rotatable bonds is 5. The van der Waals surface area contributed by atoms with Crippen molar-refractivity contribution in [1.82, 2.24) is 20.0 Å². The predicted molar refractivity (Wildman–Crippen MR) is 107 cm³/mol. The fraction of sp³-hybridized carbons (Fsp3) is 0.364. The van der Waals surface area contributed by atoms with Crippen LogP contribution in [0.3, 0.4) is 0 Å². The van der Waals surface area contributed by atoms with Gasteiger partial charge < -0.3 is 14.2 Å². The van der Waals surface area contributed by atoms with Crippen molar-refractivity contribution in [3.8, 4) is 5.75 Å². The molecule has 0 radical (unpaired) electrons. The normalized spacial score (nSPS) is 19.2. The van der Waals surface area contributed by atoms with Crippen LogP contribution in [0.5, 0.6) is 5.75 Å². The monoisotopic (exact) mass is 392 g/mol. The average molecular weight is 392 g/mol. The second kappa shape index (κ2) is 8.03. The molecule has 1 atom stereocenters. The third-order valence-corrected chi connectivity index (χ3v) is 5.31. The zero-order chi connectivity index (χ0) is 20.3.